The molecule has 2 rings (SSSR count). The molecular formula is C11H11ClFNO2. The number of aliphatic carboxylic acids is 1. The maximum Gasteiger partial charge on any atom is 0.307 e. The molecule has 1 aromatic rings. The van der Waals surface area contributed by atoms with Gasteiger partial charge in [-0.05, 0) is 24.6 Å². The van der Waals surface area contributed by atoms with Gasteiger partial charge in [0.15, 0.2) is 0 Å². The molecule has 1 saturated heterocycles. The molecule has 0 radical (unpaired) electrons. The van der Waals surface area contributed by atoms with E-state index in [-0.39, 0.29) is 11.9 Å². The molecule has 3 nitrogen and oxygen atoms in total. The summed E-state index contributed by atoms with van der Waals surface area (Å²) in [6.07, 6.45) is 0.395. The molecule has 1 heterocycles. The average molecular weight is 244 g/mol. The first-order valence-corrected chi connectivity index (χ1v) is 5.37. The smallest absolute Gasteiger partial charge is 0.307 e. The van der Waals surface area contributed by atoms with E-state index in [4.69, 9.17) is 16.7 Å². The van der Waals surface area contributed by atoms with Crippen LogP contribution in [0.2, 0.25) is 5.02 Å². The summed E-state index contributed by atoms with van der Waals surface area (Å²) in [5, 5.41) is 12.3. The van der Waals surface area contributed by atoms with Gasteiger partial charge >= 0.3 is 5.97 Å². The second-order valence-electron chi connectivity index (χ2n) is 3.90. The number of carboxylic acid groups (broad SMARTS) is 1. The number of benzene rings is 1. The monoisotopic (exact) mass is 243 g/mol. The number of halogens is 2. The molecule has 86 valence electrons. The SMILES string of the molecule is O=C(O)C1CNC(c2cc(Cl)ccc2F)C1. The summed E-state index contributed by atoms with van der Waals surface area (Å²) < 4.78 is 13.5. The van der Waals surface area contributed by atoms with E-state index >= 15 is 0 Å². The van der Waals surface area contributed by atoms with Crippen LogP contribution in [0.4, 0.5) is 4.39 Å². The van der Waals surface area contributed by atoms with E-state index in [2.05, 4.69) is 5.32 Å². The van der Waals surface area contributed by atoms with Crippen molar-refractivity contribution in [2.45, 2.75) is 12.5 Å². The van der Waals surface area contributed by atoms with Gasteiger partial charge in [-0.1, -0.05) is 11.6 Å². The van der Waals surface area contributed by atoms with Gasteiger partial charge in [-0.3, -0.25) is 4.79 Å². The van der Waals surface area contributed by atoms with Crippen LogP contribution in [-0.2, 0) is 4.79 Å². The predicted molar refractivity (Wildman–Crippen MR) is 57.9 cm³/mol. The Morgan fingerprint density at radius 1 is 1.56 bits per heavy atom. The molecule has 16 heavy (non-hydrogen) atoms. The standard InChI is InChI=1S/C11H11ClFNO2/c12-7-1-2-9(13)8(4-7)10-3-6(5-14-10)11(15)16/h1-2,4,6,10,14H,3,5H2,(H,15,16). The highest BCUT2D eigenvalue weighted by Crippen LogP contribution is 2.30. The molecule has 1 fully saturated rings. The summed E-state index contributed by atoms with van der Waals surface area (Å²) in [7, 11) is 0. The van der Waals surface area contributed by atoms with Crippen LogP contribution in [0.1, 0.15) is 18.0 Å². The van der Waals surface area contributed by atoms with Crippen LogP contribution < -0.4 is 5.32 Å². The highest BCUT2D eigenvalue weighted by atomic mass is 35.5. The van der Waals surface area contributed by atoms with E-state index in [0.29, 0.717) is 23.6 Å². The molecule has 0 amide bonds. The largest absolute Gasteiger partial charge is 0.481 e. The lowest BCUT2D eigenvalue weighted by Gasteiger charge is -2.11. The van der Waals surface area contributed by atoms with Crippen LogP contribution in [0.3, 0.4) is 0 Å². The Bertz CT molecular complexity index is 424. The molecule has 0 aromatic heterocycles. The van der Waals surface area contributed by atoms with Gasteiger partial charge in [-0.15, -0.1) is 0 Å². The fourth-order valence-electron chi connectivity index (χ4n) is 1.94. The molecule has 0 aliphatic carbocycles. The third-order valence-electron chi connectivity index (χ3n) is 2.81. The third-order valence-corrected chi connectivity index (χ3v) is 3.05. The highest BCUT2D eigenvalue weighted by molar-refractivity contribution is 6.30. The fraction of sp³-hybridized carbons (Fsp3) is 0.364. The summed E-state index contributed by atoms with van der Waals surface area (Å²) in [6, 6.07) is 4.05. The van der Waals surface area contributed by atoms with Crippen LogP contribution in [0.5, 0.6) is 0 Å². The van der Waals surface area contributed by atoms with E-state index in [1.807, 2.05) is 0 Å². The maximum absolute atomic E-state index is 13.5. The molecule has 2 atom stereocenters. The molecule has 1 aliphatic rings. The first-order valence-electron chi connectivity index (χ1n) is 4.99. The topological polar surface area (TPSA) is 49.3 Å². The van der Waals surface area contributed by atoms with E-state index < -0.39 is 11.9 Å². The molecule has 5 heteroatoms. The Kier molecular flexibility index (Phi) is 3.12. The van der Waals surface area contributed by atoms with E-state index in [0.717, 1.165) is 0 Å². The molecule has 1 aromatic carbocycles. The molecule has 0 spiro atoms. The van der Waals surface area contributed by atoms with Crippen molar-refractivity contribution >= 4 is 17.6 Å². The number of nitrogens with one attached hydrogen (secondary N) is 1. The number of hydrogen-bond donors (Lipinski definition) is 2. The molecule has 1 aliphatic heterocycles. The highest BCUT2D eigenvalue weighted by Gasteiger charge is 2.31. The van der Waals surface area contributed by atoms with Crippen molar-refractivity contribution in [3.8, 4) is 0 Å². The number of carbonyl (C=O) groups is 1. The second kappa shape index (κ2) is 4.39. The van der Waals surface area contributed by atoms with Gasteiger partial charge in [0.05, 0.1) is 5.92 Å². The Labute approximate surface area is 97.2 Å². The van der Waals surface area contributed by atoms with Crippen LogP contribution in [-0.4, -0.2) is 17.6 Å². The van der Waals surface area contributed by atoms with Gasteiger partial charge in [-0.2, -0.15) is 0 Å². The lowest BCUT2D eigenvalue weighted by Crippen LogP contribution is -2.17. The van der Waals surface area contributed by atoms with Crippen molar-refractivity contribution < 1.29 is 14.3 Å². The van der Waals surface area contributed by atoms with Crippen molar-refractivity contribution in [2.24, 2.45) is 5.92 Å². The summed E-state index contributed by atoms with van der Waals surface area (Å²) in [4.78, 5) is 10.8. The quantitative estimate of drug-likeness (QED) is 0.837. The van der Waals surface area contributed by atoms with Gasteiger partial charge in [0, 0.05) is 23.2 Å². The van der Waals surface area contributed by atoms with Gasteiger partial charge in [0.2, 0.25) is 0 Å². The first-order chi connectivity index (χ1) is 7.58. The number of hydrogen-bond acceptors (Lipinski definition) is 2. The maximum atomic E-state index is 13.5. The Hall–Kier alpha value is -1.13. The van der Waals surface area contributed by atoms with Crippen molar-refractivity contribution in [1.82, 2.24) is 5.32 Å². The van der Waals surface area contributed by atoms with Gasteiger partial charge in [-0.25, -0.2) is 4.39 Å². The minimum absolute atomic E-state index is 0.264. The van der Waals surface area contributed by atoms with Crippen molar-refractivity contribution in [2.75, 3.05) is 6.54 Å². The zero-order valence-electron chi connectivity index (χ0n) is 8.41. The Morgan fingerprint density at radius 2 is 2.31 bits per heavy atom. The summed E-state index contributed by atoms with van der Waals surface area (Å²) in [5.74, 6) is -1.66. The summed E-state index contributed by atoms with van der Waals surface area (Å²) in [5.41, 5.74) is 0.441. The Balaban J connectivity index is 2.20. The third kappa shape index (κ3) is 2.18. The lowest BCUT2D eigenvalue weighted by atomic mass is 10.00. The zero-order valence-corrected chi connectivity index (χ0v) is 9.17. The van der Waals surface area contributed by atoms with Crippen molar-refractivity contribution in [3.05, 3.63) is 34.6 Å². The average Bonchev–Trinajstić information content (AvgIpc) is 2.70. The Morgan fingerprint density at radius 3 is 2.94 bits per heavy atom. The van der Waals surface area contributed by atoms with Gasteiger partial charge in [0.25, 0.3) is 0 Å². The first kappa shape index (κ1) is 11.4. The molecular weight excluding hydrogens is 233 g/mol. The van der Waals surface area contributed by atoms with Gasteiger partial charge < -0.3 is 10.4 Å². The summed E-state index contributed by atoms with van der Waals surface area (Å²) in [6.45, 7) is 0.367. The minimum atomic E-state index is -0.850. The normalized spacial score (nSPS) is 24.6. The van der Waals surface area contributed by atoms with Crippen LogP contribution >= 0.6 is 11.6 Å². The van der Waals surface area contributed by atoms with Crippen molar-refractivity contribution in [1.29, 1.82) is 0 Å². The molecule has 0 saturated carbocycles. The van der Waals surface area contributed by atoms with Crippen LogP contribution in [0.15, 0.2) is 18.2 Å². The van der Waals surface area contributed by atoms with Crippen LogP contribution in [0.25, 0.3) is 0 Å². The zero-order chi connectivity index (χ0) is 11.7. The fourth-order valence-corrected chi connectivity index (χ4v) is 2.12. The van der Waals surface area contributed by atoms with Crippen molar-refractivity contribution in [3.63, 3.8) is 0 Å². The number of rotatable bonds is 2. The van der Waals surface area contributed by atoms with E-state index in [1.54, 1.807) is 6.07 Å². The molecule has 2 N–H and O–H groups in total. The number of carboxylic acids is 1. The van der Waals surface area contributed by atoms with E-state index in [1.165, 1.54) is 12.1 Å². The van der Waals surface area contributed by atoms with Gasteiger partial charge in [0.1, 0.15) is 5.82 Å². The molecule has 2 unspecified atom stereocenters. The summed E-state index contributed by atoms with van der Waals surface area (Å²) >= 11 is 5.78. The second-order valence-corrected chi connectivity index (χ2v) is 4.33. The minimum Gasteiger partial charge on any atom is -0.481 e. The molecule has 0 bridgehead atoms. The van der Waals surface area contributed by atoms with Crippen LogP contribution in [0, 0.1) is 11.7 Å². The van der Waals surface area contributed by atoms with E-state index in [9.17, 15) is 9.18 Å². The lowest BCUT2D eigenvalue weighted by molar-refractivity contribution is -0.141. The predicted octanol–water partition coefficient (Wildman–Crippen LogP) is 2.21.